The molecule has 0 aromatic heterocycles. The first-order chi connectivity index (χ1) is 12.2. The van der Waals surface area contributed by atoms with Crippen LogP contribution in [0, 0.1) is 11.8 Å². The number of piperidine rings is 1. The highest BCUT2D eigenvalue weighted by atomic mass is 16.6. The summed E-state index contributed by atoms with van der Waals surface area (Å²) in [5.41, 5.74) is -1.51. The third kappa shape index (κ3) is 5.33. The van der Waals surface area contributed by atoms with Gasteiger partial charge in [-0.15, -0.1) is 0 Å². The molecule has 1 saturated heterocycles. The molecule has 152 valence electrons. The van der Waals surface area contributed by atoms with E-state index in [2.05, 4.69) is 5.32 Å². The number of fused-ring (bicyclic) bond motifs is 1. The molecule has 2 N–H and O–H groups in total. The van der Waals surface area contributed by atoms with Crippen molar-refractivity contribution in [1.82, 2.24) is 10.2 Å². The van der Waals surface area contributed by atoms with Gasteiger partial charge in [-0.25, -0.2) is 19.3 Å². The van der Waals surface area contributed by atoms with E-state index in [-0.39, 0.29) is 18.4 Å². The lowest BCUT2D eigenvalue weighted by molar-refractivity contribution is -0.140. The Labute approximate surface area is 158 Å². The van der Waals surface area contributed by atoms with Crippen LogP contribution in [-0.4, -0.2) is 57.4 Å². The largest absolute Gasteiger partial charge is 0.480 e. The van der Waals surface area contributed by atoms with Crippen LogP contribution in [0.5, 0.6) is 0 Å². The van der Waals surface area contributed by atoms with E-state index in [1.165, 1.54) is 0 Å². The van der Waals surface area contributed by atoms with Crippen LogP contribution in [0.1, 0.15) is 54.4 Å². The van der Waals surface area contributed by atoms with Crippen molar-refractivity contribution in [3.63, 3.8) is 0 Å². The van der Waals surface area contributed by atoms with Crippen molar-refractivity contribution < 1.29 is 33.8 Å². The molecule has 1 saturated carbocycles. The first-order valence-electron chi connectivity index (χ1n) is 8.98. The highest BCUT2D eigenvalue weighted by Gasteiger charge is 2.61. The second-order valence-electron chi connectivity index (χ2n) is 9.03. The van der Waals surface area contributed by atoms with E-state index in [0.717, 1.165) is 4.90 Å². The molecule has 1 aliphatic carbocycles. The molecule has 9 heteroatoms. The number of alkyl carbamates (subject to hydrolysis) is 1. The number of hydrogen-bond donors (Lipinski definition) is 2. The smallest absolute Gasteiger partial charge is 0.417 e. The predicted octanol–water partition coefficient (Wildman–Crippen LogP) is 2.14. The van der Waals surface area contributed by atoms with Crippen molar-refractivity contribution >= 4 is 24.1 Å². The summed E-state index contributed by atoms with van der Waals surface area (Å²) in [6.45, 7) is 10.1. The normalized spacial score (nSPS) is 25.5. The molecule has 2 aliphatic rings. The predicted molar refractivity (Wildman–Crippen MR) is 93.9 cm³/mol. The van der Waals surface area contributed by atoms with Crippen molar-refractivity contribution in [3.05, 3.63) is 0 Å². The number of likely N-dealkylation sites (tertiary alicyclic amines) is 1. The zero-order valence-electron chi connectivity index (χ0n) is 16.6. The van der Waals surface area contributed by atoms with E-state index >= 15 is 0 Å². The van der Waals surface area contributed by atoms with E-state index in [4.69, 9.17) is 9.47 Å². The summed E-state index contributed by atoms with van der Waals surface area (Å²) in [5.74, 6) is -2.48. The number of nitrogens with zero attached hydrogens (tertiary/aromatic N) is 1. The van der Waals surface area contributed by atoms with E-state index in [1.807, 2.05) is 0 Å². The molecule has 0 bridgehead atoms. The molecule has 1 unspecified atom stereocenters. The van der Waals surface area contributed by atoms with Crippen LogP contribution in [0.25, 0.3) is 0 Å². The third-order valence-electron chi connectivity index (χ3n) is 4.28. The monoisotopic (exact) mass is 384 g/mol. The van der Waals surface area contributed by atoms with Crippen LogP contribution < -0.4 is 5.32 Å². The van der Waals surface area contributed by atoms with Gasteiger partial charge in [-0.2, -0.15) is 0 Å². The highest BCUT2D eigenvalue weighted by molar-refractivity contribution is 5.97. The zero-order chi connectivity index (χ0) is 20.7. The van der Waals surface area contributed by atoms with Gasteiger partial charge in [0.2, 0.25) is 5.91 Å². The van der Waals surface area contributed by atoms with Crippen LogP contribution >= 0.6 is 0 Å². The number of hydrogen-bond acceptors (Lipinski definition) is 6. The Morgan fingerprint density at radius 3 is 2.19 bits per heavy atom. The number of imide groups is 1. The number of carbonyl (C=O) groups is 4. The van der Waals surface area contributed by atoms with Gasteiger partial charge in [-0.1, -0.05) is 0 Å². The Balaban J connectivity index is 2.03. The maximum Gasteiger partial charge on any atom is 0.417 e. The summed E-state index contributed by atoms with van der Waals surface area (Å²) < 4.78 is 10.3. The molecule has 0 aromatic rings. The van der Waals surface area contributed by atoms with Crippen molar-refractivity contribution in [1.29, 1.82) is 0 Å². The van der Waals surface area contributed by atoms with E-state index in [9.17, 15) is 24.3 Å². The van der Waals surface area contributed by atoms with Crippen LogP contribution in [0.3, 0.4) is 0 Å². The second kappa shape index (κ2) is 7.01. The van der Waals surface area contributed by atoms with Crippen LogP contribution in [-0.2, 0) is 19.1 Å². The van der Waals surface area contributed by atoms with Gasteiger partial charge in [0.1, 0.15) is 17.2 Å². The molecule has 3 amide bonds. The maximum absolute atomic E-state index is 12.6. The molecule has 0 radical (unpaired) electrons. The lowest BCUT2D eigenvalue weighted by Crippen LogP contribution is -2.46. The third-order valence-corrected chi connectivity index (χ3v) is 4.28. The number of ether oxygens (including phenoxy) is 2. The highest BCUT2D eigenvalue weighted by Crippen LogP contribution is 2.51. The fourth-order valence-electron chi connectivity index (χ4n) is 3.19. The van der Waals surface area contributed by atoms with Crippen LogP contribution in [0.4, 0.5) is 9.59 Å². The van der Waals surface area contributed by atoms with Gasteiger partial charge < -0.3 is 19.9 Å². The van der Waals surface area contributed by atoms with Gasteiger partial charge in [-0.3, -0.25) is 4.79 Å². The average Bonchev–Trinajstić information content (AvgIpc) is 3.13. The number of nitrogens with one attached hydrogen (secondary N) is 1. The van der Waals surface area contributed by atoms with E-state index < -0.39 is 47.2 Å². The SMILES string of the molecule is CC(C)(C)OC(=O)NC(C[C@H]1C(=O)N(C(=O)OC(C)(C)C)[C@@H]2C[C@@H]21)C(=O)O. The standard InChI is InChI=1S/C18H28N2O7/c1-17(2,3)26-15(24)19-11(14(22)23)7-10-9-8-12(9)20(13(10)21)16(25)27-18(4,5)6/h9-12H,7-8H2,1-6H3,(H,19,24)(H,22,23)/t9-,10-,11?,12-/m1/s1. The molecule has 27 heavy (non-hydrogen) atoms. The molecular formula is C18H28N2O7. The number of carbonyl (C=O) groups excluding carboxylic acids is 3. The molecule has 1 heterocycles. The van der Waals surface area contributed by atoms with Crippen LogP contribution in [0.15, 0.2) is 0 Å². The number of aliphatic carboxylic acids is 1. The fraction of sp³-hybridized carbons (Fsp3) is 0.778. The lowest BCUT2D eigenvalue weighted by atomic mass is 9.95. The summed E-state index contributed by atoms with van der Waals surface area (Å²) >= 11 is 0. The average molecular weight is 384 g/mol. The van der Waals surface area contributed by atoms with E-state index in [1.54, 1.807) is 41.5 Å². The minimum absolute atomic E-state index is 0.103. The molecule has 2 fully saturated rings. The second-order valence-corrected chi connectivity index (χ2v) is 9.03. The molecule has 0 spiro atoms. The van der Waals surface area contributed by atoms with Crippen molar-refractivity contribution in [3.8, 4) is 0 Å². The topological polar surface area (TPSA) is 122 Å². The summed E-state index contributed by atoms with van der Waals surface area (Å²) in [6, 6.07) is -1.54. The zero-order valence-corrected chi connectivity index (χ0v) is 16.6. The van der Waals surface area contributed by atoms with Gasteiger partial charge in [0, 0.05) is 12.0 Å². The summed E-state index contributed by atoms with van der Waals surface area (Å²) in [6.07, 6.45) is -1.06. The molecule has 2 rings (SSSR count). The first-order valence-corrected chi connectivity index (χ1v) is 8.98. The Bertz CT molecular complexity index is 647. The minimum Gasteiger partial charge on any atom is -0.480 e. The lowest BCUT2D eigenvalue weighted by Gasteiger charge is -2.26. The number of amides is 3. The number of rotatable bonds is 4. The minimum atomic E-state index is -1.28. The Kier molecular flexibility index (Phi) is 5.45. The quantitative estimate of drug-likeness (QED) is 0.761. The fourth-order valence-corrected chi connectivity index (χ4v) is 3.19. The van der Waals surface area contributed by atoms with Gasteiger partial charge in [0.15, 0.2) is 0 Å². The first kappa shape index (κ1) is 21.0. The summed E-state index contributed by atoms with van der Waals surface area (Å²) in [4.78, 5) is 49.4. The van der Waals surface area contributed by atoms with Crippen molar-refractivity contribution in [2.45, 2.75) is 77.7 Å². The Morgan fingerprint density at radius 1 is 1.15 bits per heavy atom. The number of carboxylic acids is 1. The van der Waals surface area contributed by atoms with E-state index in [0.29, 0.717) is 6.42 Å². The van der Waals surface area contributed by atoms with Crippen molar-refractivity contribution in [2.24, 2.45) is 11.8 Å². The van der Waals surface area contributed by atoms with Gasteiger partial charge in [0.05, 0.1) is 0 Å². The van der Waals surface area contributed by atoms with Gasteiger partial charge in [0.25, 0.3) is 0 Å². The Hall–Kier alpha value is -2.32. The molecule has 1 aliphatic heterocycles. The summed E-state index contributed by atoms with van der Waals surface area (Å²) in [5, 5.41) is 11.7. The molecular weight excluding hydrogens is 356 g/mol. The maximum atomic E-state index is 12.6. The van der Waals surface area contributed by atoms with Gasteiger partial charge in [-0.05, 0) is 60.3 Å². The Morgan fingerprint density at radius 2 is 1.70 bits per heavy atom. The van der Waals surface area contributed by atoms with Gasteiger partial charge >= 0.3 is 18.2 Å². The number of carboxylic acid groups (broad SMARTS) is 1. The summed E-state index contributed by atoms with van der Waals surface area (Å²) in [7, 11) is 0. The van der Waals surface area contributed by atoms with Crippen LogP contribution in [0.2, 0.25) is 0 Å². The molecule has 4 atom stereocenters. The molecule has 9 nitrogen and oxygen atoms in total. The van der Waals surface area contributed by atoms with Crippen molar-refractivity contribution in [2.75, 3.05) is 0 Å². The molecule has 0 aromatic carbocycles.